The molecule has 17 heavy (non-hydrogen) atoms. The second kappa shape index (κ2) is 7.07. The van der Waals surface area contributed by atoms with Gasteiger partial charge in [0.2, 0.25) is 5.91 Å². The summed E-state index contributed by atoms with van der Waals surface area (Å²) in [5.74, 6) is -0.0635. The van der Waals surface area contributed by atoms with Gasteiger partial charge in [0, 0.05) is 6.54 Å². The predicted octanol–water partition coefficient (Wildman–Crippen LogP) is 1.99. The first-order chi connectivity index (χ1) is 8.17. The van der Waals surface area contributed by atoms with Gasteiger partial charge in [-0.15, -0.1) is 0 Å². The van der Waals surface area contributed by atoms with Crippen molar-refractivity contribution >= 4 is 5.91 Å². The molecule has 3 nitrogen and oxygen atoms in total. The molecule has 0 saturated carbocycles. The molecule has 0 aromatic heterocycles. The average molecular weight is 234 g/mol. The van der Waals surface area contributed by atoms with Crippen molar-refractivity contribution in [1.29, 1.82) is 0 Å². The summed E-state index contributed by atoms with van der Waals surface area (Å²) < 4.78 is 0. The predicted molar refractivity (Wildman–Crippen MR) is 70.6 cm³/mol. The number of aryl methyl sites for hydroxylation is 1. The van der Waals surface area contributed by atoms with Gasteiger partial charge in [0.05, 0.1) is 6.04 Å². The summed E-state index contributed by atoms with van der Waals surface area (Å²) >= 11 is 0. The van der Waals surface area contributed by atoms with Gasteiger partial charge in [0.25, 0.3) is 0 Å². The number of rotatable bonds is 6. The van der Waals surface area contributed by atoms with Crippen molar-refractivity contribution < 1.29 is 4.79 Å². The van der Waals surface area contributed by atoms with Crippen LogP contribution in [-0.2, 0) is 17.8 Å². The number of nitrogens with two attached hydrogens (primary N) is 1. The van der Waals surface area contributed by atoms with Crippen LogP contribution in [0.25, 0.3) is 0 Å². The van der Waals surface area contributed by atoms with Gasteiger partial charge in [-0.2, -0.15) is 0 Å². The van der Waals surface area contributed by atoms with Crippen molar-refractivity contribution in [2.24, 2.45) is 5.73 Å². The van der Waals surface area contributed by atoms with Crippen LogP contribution in [0.5, 0.6) is 0 Å². The van der Waals surface area contributed by atoms with Crippen LogP contribution in [0, 0.1) is 0 Å². The van der Waals surface area contributed by atoms with Crippen molar-refractivity contribution in [3.05, 3.63) is 35.4 Å². The number of hydrogen-bond donors (Lipinski definition) is 2. The van der Waals surface area contributed by atoms with Gasteiger partial charge >= 0.3 is 0 Å². The van der Waals surface area contributed by atoms with Crippen molar-refractivity contribution in [2.45, 2.75) is 45.7 Å². The first-order valence-electron chi connectivity index (χ1n) is 6.28. The van der Waals surface area contributed by atoms with Crippen molar-refractivity contribution in [1.82, 2.24) is 5.32 Å². The highest BCUT2D eigenvalue weighted by Gasteiger charge is 2.11. The Hall–Kier alpha value is -1.35. The summed E-state index contributed by atoms with van der Waals surface area (Å²) in [5, 5.41) is 2.86. The molecule has 94 valence electrons. The highest BCUT2D eigenvalue weighted by molar-refractivity contribution is 5.81. The van der Waals surface area contributed by atoms with E-state index in [1.807, 2.05) is 19.1 Å². The number of benzene rings is 1. The van der Waals surface area contributed by atoms with E-state index in [1.54, 1.807) is 0 Å². The molecule has 0 radical (unpaired) electrons. The van der Waals surface area contributed by atoms with Crippen molar-refractivity contribution in [3.8, 4) is 0 Å². The molecule has 3 N–H and O–H groups in total. The van der Waals surface area contributed by atoms with Crippen molar-refractivity contribution in [3.63, 3.8) is 0 Å². The number of amides is 1. The number of carbonyl (C=O) groups is 1. The minimum atomic E-state index is -0.380. The van der Waals surface area contributed by atoms with E-state index in [0.717, 1.165) is 24.8 Å². The maximum Gasteiger partial charge on any atom is 0.237 e. The Bertz CT molecular complexity index is 346. The quantitative estimate of drug-likeness (QED) is 0.791. The summed E-state index contributed by atoms with van der Waals surface area (Å²) in [5.41, 5.74) is 8.14. The zero-order valence-electron chi connectivity index (χ0n) is 10.7. The molecular weight excluding hydrogens is 212 g/mol. The Morgan fingerprint density at radius 3 is 2.35 bits per heavy atom. The third-order valence-corrected chi connectivity index (χ3v) is 2.83. The van der Waals surface area contributed by atoms with Crippen LogP contribution in [0.1, 0.15) is 37.8 Å². The Labute approximate surface area is 103 Å². The minimum Gasteiger partial charge on any atom is -0.351 e. The van der Waals surface area contributed by atoms with Crippen molar-refractivity contribution in [2.75, 3.05) is 0 Å². The first kappa shape index (κ1) is 13.7. The lowest BCUT2D eigenvalue weighted by Gasteiger charge is -2.11. The number of hydrogen-bond acceptors (Lipinski definition) is 2. The standard InChI is InChI=1S/C14H22N2O/c1-3-5-13(15)14(17)16-10-12-8-6-11(4-2)7-9-12/h6-9,13H,3-5,10,15H2,1-2H3,(H,16,17)/t13-/m0/s1. The van der Waals surface area contributed by atoms with E-state index in [-0.39, 0.29) is 11.9 Å². The zero-order chi connectivity index (χ0) is 12.7. The molecule has 1 aromatic rings. The highest BCUT2D eigenvalue weighted by Crippen LogP contribution is 2.05. The third-order valence-electron chi connectivity index (χ3n) is 2.83. The average Bonchev–Trinajstić information content (AvgIpc) is 2.36. The van der Waals surface area contributed by atoms with E-state index in [1.165, 1.54) is 5.56 Å². The van der Waals surface area contributed by atoms with E-state index >= 15 is 0 Å². The normalized spacial score (nSPS) is 12.2. The van der Waals surface area contributed by atoms with Crippen LogP contribution in [0.2, 0.25) is 0 Å². The summed E-state index contributed by atoms with van der Waals surface area (Å²) in [6.45, 7) is 4.71. The molecule has 1 amide bonds. The minimum absolute atomic E-state index is 0.0635. The lowest BCUT2D eigenvalue weighted by atomic mass is 10.1. The Balaban J connectivity index is 2.41. The summed E-state index contributed by atoms with van der Waals surface area (Å²) in [6.07, 6.45) is 2.70. The zero-order valence-corrected chi connectivity index (χ0v) is 10.7. The maximum atomic E-state index is 11.6. The molecule has 3 heteroatoms. The molecular formula is C14H22N2O. The van der Waals surface area contributed by atoms with Gasteiger partial charge in [-0.1, -0.05) is 44.5 Å². The van der Waals surface area contributed by atoms with Gasteiger partial charge in [0.15, 0.2) is 0 Å². The second-order valence-corrected chi connectivity index (χ2v) is 4.28. The molecule has 0 aliphatic rings. The molecule has 0 unspecified atom stereocenters. The Kier molecular flexibility index (Phi) is 5.70. The van der Waals surface area contributed by atoms with Crippen LogP contribution >= 0.6 is 0 Å². The van der Waals surface area contributed by atoms with Gasteiger partial charge in [-0.25, -0.2) is 0 Å². The molecule has 1 rings (SSSR count). The molecule has 0 spiro atoms. The van der Waals surface area contributed by atoms with Crippen LogP contribution in [0.4, 0.5) is 0 Å². The fraction of sp³-hybridized carbons (Fsp3) is 0.500. The topological polar surface area (TPSA) is 55.1 Å². The molecule has 0 heterocycles. The fourth-order valence-electron chi connectivity index (χ4n) is 1.66. The van der Waals surface area contributed by atoms with E-state index in [4.69, 9.17) is 5.73 Å². The second-order valence-electron chi connectivity index (χ2n) is 4.28. The van der Waals surface area contributed by atoms with Crippen LogP contribution < -0.4 is 11.1 Å². The first-order valence-corrected chi connectivity index (χ1v) is 6.28. The molecule has 1 aromatic carbocycles. The van der Waals surface area contributed by atoms with Gasteiger partial charge in [0.1, 0.15) is 0 Å². The van der Waals surface area contributed by atoms with Gasteiger partial charge < -0.3 is 11.1 Å². The molecule has 0 bridgehead atoms. The van der Waals surface area contributed by atoms with Crippen LogP contribution in [-0.4, -0.2) is 11.9 Å². The highest BCUT2D eigenvalue weighted by atomic mass is 16.2. The van der Waals surface area contributed by atoms with E-state index in [0.29, 0.717) is 6.54 Å². The third kappa shape index (κ3) is 4.57. The summed E-state index contributed by atoms with van der Waals surface area (Å²) in [7, 11) is 0. The fourth-order valence-corrected chi connectivity index (χ4v) is 1.66. The largest absolute Gasteiger partial charge is 0.351 e. The monoisotopic (exact) mass is 234 g/mol. The van der Waals surface area contributed by atoms with E-state index in [9.17, 15) is 4.79 Å². The Morgan fingerprint density at radius 1 is 1.24 bits per heavy atom. The van der Waals surface area contributed by atoms with E-state index < -0.39 is 0 Å². The van der Waals surface area contributed by atoms with Crippen LogP contribution in [0.15, 0.2) is 24.3 Å². The maximum absolute atomic E-state index is 11.6. The lowest BCUT2D eigenvalue weighted by molar-refractivity contribution is -0.122. The molecule has 0 fully saturated rings. The van der Waals surface area contributed by atoms with Gasteiger partial charge in [-0.3, -0.25) is 4.79 Å². The van der Waals surface area contributed by atoms with E-state index in [2.05, 4.69) is 24.4 Å². The summed E-state index contributed by atoms with van der Waals surface area (Å²) in [6, 6.07) is 7.89. The molecule has 0 aliphatic carbocycles. The molecule has 0 aliphatic heterocycles. The van der Waals surface area contributed by atoms with Gasteiger partial charge in [-0.05, 0) is 24.0 Å². The lowest BCUT2D eigenvalue weighted by Crippen LogP contribution is -2.40. The number of nitrogens with one attached hydrogen (secondary N) is 1. The number of carbonyl (C=O) groups excluding carboxylic acids is 1. The SMILES string of the molecule is CCC[C@H](N)C(=O)NCc1ccc(CC)cc1. The smallest absolute Gasteiger partial charge is 0.237 e. The Morgan fingerprint density at radius 2 is 1.82 bits per heavy atom. The summed E-state index contributed by atoms with van der Waals surface area (Å²) in [4.78, 5) is 11.6. The van der Waals surface area contributed by atoms with Crippen LogP contribution in [0.3, 0.4) is 0 Å². The molecule has 0 saturated heterocycles. The molecule has 1 atom stereocenters.